The highest BCUT2D eigenvalue weighted by molar-refractivity contribution is 4.60. The minimum Gasteiger partial charge on any atom is -0.326 e. The second-order valence-corrected chi connectivity index (χ2v) is 8.37. The predicted octanol–water partition coefficient (Wildman–Crippen LogP) is 4.85. The third-order valence-corrected chi connectivity index (χ3v) is 0. The maximum absolute atomic E-state index is 5.35. The van der Waals surface area contributed by atoms with Crippen LogP contribution in [-0.4, -0.2) is 5.54 Å². The van der Waals surface area contributed by atoms with Gasteiger partial charge in [0.05, 0.1) is 0 Å². The molecule has 0 amide bonds. The van der Waals surface area contributed by atoms with Crippen LogP contribution in [0.2, 0.25) is 0 Å². The van der Waals surface area contributed by atoms with Crippen LogP contribution in [0.25, 0.3) is 0 Å². The second kappa shape index (κ2) is 7.27. The lowest BCUT2D eigenvalue weighted by atomic mass is 10.0. The normalized spacial score (nSPS) is 12.0. The van der Waals surface area contributed by atoms with Crippen molar-refractivity contribution in [1.29, 1.82) is 0 Å². The van der Waals surface area contributed by atoms with Crippen LogP contribution in [0, 0.1) is 10.8 Å². The van der Waals surface area contributed by atoms with Gasteiger partial charge in [0, 0.05) is 5.54 Å². The van der Waals surface area contributed by atoms with Gasteiger partial charge in [0.15, 0.2) is 0 Å². The van der Waals surface area contributed by atoms with Gasteiger partial charge >= 0.3 is 0 Å². The van der Waals surface area contributed by atoms with Crippen LogP contribution in [0.3, 0.4) is 0 Å². The Bertz CT molecular complexity index is 80.4. The van der Waals surface area contributed by atoms with Crippen molar-refractivity contribution in [2.75, 3.05) is 0 Å². The number of nitrogens with two attached hydrogens (primary N) is 1. The van der Waals surface area contributed by atoms with E-state index in [0.717, 1.165) is 0 Å². The summed E-state index contributed by atoms with van der Waals surface area (Å²) >= 11 is 0. The minimum atomic E-state index is 0. The topological polar surface area (TPSA) is 26.0 Å². The Kier molecular flexibility index (Phi) is 9.88. The first-order valence-corrected chi connectivity index (χ1v) is 5.79. The van der Waals surface area contributed by atoms with Crippen molar-refractivity contribution in [2.45, 2.75) is 81.7 Å². The van der Waals surface area contributed by atoms with Crippen molar-refractivity contribution >= 4 is 0 Å². The fourth-order valence-electron chi connectivity index (χ4n) is 0. The monoisotopic (exact) mass is 217 g/mol. The molecule has 0 heterocycles. The molecule has 0 rings (SSSR count). The molecule has 0 unspecified atom stereocenters. The molecule has 0 saturated heterocycles. The summed E-state index contributed by atoms with van der Waals surface area (Å²) in [5.74, 6) is 0. The first-order valence-electron chi connectivity index (χ1n) is 5.79. The van der Waals surface area contributed by atoms with E-state index in [4.69, 9.17) is 5.73 Å². The van der Waals surface area contributed by atoms with E-state index < -0.39 is 0 Å². The summed E-state index contributed by atoms with van der Waals surface area (Å²) in [6.45, 7) is 23.4. The lowest BCUT2D eigenvalue weighted by molar-refractivity contribution is 0.469. The Hall–Kier alpha value is -0.0400. The molecule has 0 fully saturated rings. The predicted molar refractivity (Wildman–Crippen MR) is 74.2 cm³/mol. The molecule has 0 aromatic rings. The molecule has 0 aromatic heterocycles. The number of hydrogen-bond acceptors (Lipinski definition) is 1. The van der Waals surface area contributed by atoms with Crippen LogP contribution in [0.15, 0.2) is 0 Å². The molecule has 0 spiro atoms. The molecule has 0 aliphatic carbocycles. The maximum Gasteiger partial charge on any atom is 0.00686 e. The summed E-state index contributed by atoms with van der Waals surface area (Å²) in [7, 11) is 0. The second-order valence-electron chi connectivity index (χ2n) is 8.37. The summed E-state index contributed by atoms with van der Waals surface area (Å²) in [5, 5.41) is 0. The average Bonchev–Trinajstić information content (AvgIpc) is 1.41. The third-order valence-electron chi connectivity index (χ3n) is 0. The first-order chi connectivity index (χ1) is 6.00. The van der Waals surface area contributed by atoms with E-state index in [1.165, 1.54) is 0 Å². The molecule has 96 valence electrons. The van der Waals surface area contributed by atoms with Crippen molar-refractivity contribution in [3.05, 3.63) is 0 Å². The molecule has 0 atom stereocenters. The lowest BCUT2D eigenvalue weighted by Crippen LogP contribution is -2.26. The van der Waals surface area contributed by atoms with Crippen molar-refractivity contribution in [3.8, 4) is 0 Å². The molecule has 1 nitrogen and oxygen atoms in total. The zero-order chi connectivity index (χ0) is 13.5. The van der Waals surface area contributed by atoms with Crippen LogP contribution in [-0.2, 0) is 0 Å². The van der Waals surface area contributed by atoms with E-state index in [0.29, 0.717) is 10.8 Å². The van der Waals surface area contributed by atoms with Gasteiger partial charge in [0.1, 0.15) is 0 Å². The van der Waals surface area contributed by atoms with Crippen molar-refractivity contribution in [1.82, 2.24) is 0 Å². The Morgan fingerprint density at radius 2 is 0.467 bits per heavy atom. The fourth-order valence-corrected chi connectivity index (χ4v) is 0. The molecule has 0 aromatic carbocycles. The zero-order valence-corrected chi connectivity index (χ0v) is 13.1. The number of rotatable bonds is 0. The van der Waals surface area contributed by atoms with Crippen LogP contribution in [0.4, 0.5) is 0 Å². The van der Waals surface area contributed by atoms with E-state index in [1.807, 2.05) is 20.8 Å². The lowest BCUT2D eigenvalue weighted by Gasteiger charge is -2.06. The van der Waals surface area contributed by atoms with Crippen LogP contribution in [0.5, 0.6) is 0 Å². The average molecular weight is 217 g/mol. The Morgan fingerprint density at radius 1 is 0.467 bits per heavy atom. The number of hydrogen-bond donors (Lipinski definition) is 1. The molecule has 1 heteroatoms. The summed E-state index contributed by atoms with van der Waals surface area (Å²) in [6.07, 6.45) is 0. The van der Waals surface area contributed by atoms with Crippen molar-refractivity contribution in [3.63, 3.8) is 0 Å². The van der Waals surface area contributed by atoms with Gasteiger partial charge in [0.2, 0.25) is 0 Å². The smallest absolute Gasteiger partial charge is 0.00686 e. The SMILES string of the molecule is CC(C)(C)C.CC(C)(C)C.CC(C)(C)N. The van der Waals surface area contributed by atoms with E-state index in [1.54, 1.807) is 0 Å². The molecule has 2 N–H and O–H groups in total. The fraction of sp³-hybridized carbons (Fsp3) is 1.00. The maximum atomic E-state index is 5.35. The van der Waals surface area contributed by atoms with Gasteiger partial charge in [-0.15, -0.1) is 0 Å². The standard InChI is InChI=1S/2C5H12.C4H11N/c2*1-5(2,3)4;1-4(2,3)5/h2*1-4H3;5H2,1-3H3. The summed E-state index contributed by atoms with van der Waals surface area (Å²) in [6, 6.07) is 0. The van der Waals surface area contributed by atoms with E-state index in [-0.39, 0.29) is 5.54 Å². The van der Waals surface area contributed by atoms with Crippen LogP contribution < -0.4 is 5.73 Å². The van der Waals surface area contributed by atoms with Gasteiger partial charge in [-0.05, 0) is 31.6 Å². The van der Waals surface area contributed by atoms with Gasteiger partial charge in [-0.25, -0.2) is 0 Å². The first kappa shape index (κ1) is 20.4. The minimum absolute atomic E-state index is 0. The Balaban J connectivity index is -0.000000144. The van der Waals surface area contributed by atoms with Gasteiger partial charge in [-0.3, -0.25) is 0 Å². The molecule has 0 aliphatic heterocycles. The summed E-state index contributed by atoms with van der Waals surface area (Å²) < 4.78 is 0. The molecule has 0 radical (unpaired) electrons. The highest BCUT2D eigenvalue weighted by Gasteiger charge is 1.96. The largest absolute Gasteiger partial charge is 0.326 e. The molecule has 0 aliphatic rings. The Morgan fingerprint density at radius 3 is 0.467 bits per heavy atom. The highest BCUT2D eigenvalue weighted by Crippen LogP contribution is 2.08. The van der Waals surface area contributed by atoms with Crippen molar-refractivity contribution < 1.29 is 0 Å². The van der Waals surface area contributed by atoms with E-state index >= 15 is 0 Å². The van der Waals surface area contributed by atoms with Gasteiger partial charge in [-0.1, -0.05) is 55.4 Å². The molecular weight excluding hydrogens is 182 g/mol. The van der Waals surface area contributed by atoms with Gasteiger partial charge in [-0.2, -0.15) is 0 Å². The van der Waals surface area contributed by atoms with Crippen LogP contribution in [0.1, 0.15) is 76.2 Å². The Labute approximate surface area is 98.8 Å². The van der Waals surface area contributed by atoms with E-state index in [2.05, 4.69) is 55.4 Å². The van der Waals surface area contributed by atoms with Gasteiger partial charge in [0.25, 0.3) is 0 Å². The zero-order valence-electron chi connectivity index (χ0n) is 13.1. The molecule has 0 saturated carbocycles. The van der Waals surface area contributed by atoms with E-state index in [9.17, 15) is 0 Å². The highest BCUT2D eigenvalue weighted by atomic mass is 14.7. The molecule has 15 heavy (non-hydrogen) atoms. The molecular formula is C14H35N. The summed E-state index contributed by atoms with van der Waals surface area (Å²) in [5.41, 5.74) is 6.35. The van der Waals surface area contributed by atoms with Gasteiger partial charge < -0.3 is 5.73 Å². The quantitative estimate of drug-likeness (QED) is 0.617. The summed E-state index contributed by atoms with van der Waals surface area (Å²) in [4.78, 5) is 0. The third kappa shape index (κ3) is 1250000. The van der Waals surface area contributed by atoms with Crippen LogP contribution >= 0.6 is 0 Å². The molecule has 0 bridgehead atoms. The van der Waals surface area contributed by atoms with Crippen molar-refractivity contribution in [2.24, 2.45) is 16.6 Å².